The van der Waals surface area contributed by atoms with E-state index in [2.05, 4.69) is 166 Å². The highest BCUT2D eigenvalue weighted by Gasteiger charge is 2.37. The van der Waals surface area contributed by atoms with Crippen molar-refractivity contribution in [3.63, 3.8) is 0 Å². The van der Waals surface area contributed by atoms with Crippen molar-refractivity contribution in [1.29, 1.82) is 0 Å². The van der Waals surface area contributed by atoms with Gasteiger partial charge in [0.25, 0.3) is 0 Å². The van der Waals surface area contributed by atoms with Gasteiger partial charge in [-0.05, 0) is 56.3 Å². The summed E-state index contributed by atoms with van der Waals surface area (Å²) < 4.78 is 2.53. The van der Waals surface area contributed by atoms with Crippen molar-refractivity contribution in [3.05, 3.63) is 169 Å². The van der Waals surface area contributed by atoms with E-state index < -0.39 is 0 Å². The number of thiophene rings is 1. The van der Waals surface area contributed by atoms with E-state index in [1.807, 2.05) is 17.4 Å². The molecule has 0 N–H and O–H groups in total. The Morgan fingerprint density at radius 2 is 1.00 bits per heavy atom. The minimum absolute atomic E-state index is 0.109. The Bertz CT molecular complexity index is 2790. The van der Waals surface area contributed by atoms with Crippen LogP contribution < -0.4 is 0 Å². The van der Waals surface area contributed by atoms with E-state index in [4.69, 9.17) is 9.97 Å². The average Bonchev–Trinajstić information content (AvgIpc) is 3.67. The maximum atomic E-state index is 5.28. The molecule has 0 unspecified atom stereocenters. The molecule has 50 heavy (non-hydrogen) atoms. The third kappa shape index (κ3) is 4.33. The quantitative estimate of drug-likeness (QED) is 0.188. The van der Waals surface area contributed by atoms with Gasteiger partial charge in [0.1, 0.15) is 0 Å². The summed E-state index contributed by atoms with van der Waals surface area (Å²) in [6.45, 7) is 4.73. The predicted molar refractivity (Wildman–Crippen MR) is 212 cm³/mol. The van der Waals surface area contributed by atoms with Gasteiger partial charge in [-0.2, -0.15) is 0 Å². The van der Waals surface area contributed by atoms with Gasteiger partial charge in [-0.1, -0.05) is 159 Å². The van der Waals surface area contributed by atoms with Crippen molar-refractivity contribution in [3.8, 4) is 56.2 Å². The van der Waals surface area contributed by atoms with Crippen molar-refractivity contribution in [1.82, 2.24) is 9.97 Å². The zero-order valence-electron chi connectivity index (χ0n) is 27.8. The van der Waals surface area contributed by atoms with Gasteiger partial charge < -0.3 is 0 Å². The summed E-state index contributed by atoms with van der Waals surface area (Å²) in [6.07, 6.45) is 0. The molecule has 3 heteroatoms. The molecule has 0 radical (unpaired) electrons. The van der Waals surface area contributed by atoms with Crippen LogP contribution in [0, 0.1) is 0 Å². The van der Waals surface area contributed by atoms with Crippen LogP contribution in [0.5, 0.6) is 0 Å². The smallest absolute Gasteiger partial charge is 0.160 e. The summed E-state index contributed by atoms with van der Waals surface area (Å²) in [7, 11) is 0. The third-order valence-corrected chi connectivity index (χ3v) is 11.7. The second-order valence-electron chi connectivity index (χ2n) is 13.7. The summed E-state index contributed by atoms with van der Waals surface area (Å²) in [5, 5.41) is 4.95. The summed E-state index contributed by atoms with van der Waals surface area (Å²) in [5.41, 5.74) is 13.0. The Balaban J connectivity index is 1.20. The van der Waals surface area contributed by atoms with E-state index >= 15 is 0 Å². The molecule has 9 aromatic rings. The van der Waals surface area contributed by atoms with E-state index in [0.717, 1.165) is 33.9 Å². The van der Waals surface area contributed by atoms with Crippen LogP contribution >= 0.6 is 11.3 Å². The van der Waals surface area contributed by atoms with Gasteiger partial charge in [0, 0.05) is 42.3 Å². The molecule has 236 valence electrons. The first kappa shape index (κ1) is 29.1. The maximum absolute atomic E-state index is 5.28. The Hall–Kier alpha value is -5.90. The molecular weight excluding hydrogens is 625 g/mol. The summed E-state index contributed by atoms with van der Waals surface area (Å²) >= 11 is 1.83. The van der Waals surface area contributed by atoms with E-state index in [-0.39, 0.29) is 5.41 Å². The minimum Gasteiger partial charge on any atom is -0.228 e. The molecule has 10 rings (SSSR count). The highest BCUT2D eigenvalue weighted by atomic mass is 32.1. The predicted octanol–water partition coefficient (Wildman–Crippen LogP) is 13.0. The topological polar surface area (TPSA) is 25.8 Å². The Kier molecular flexibility index (Phi) is 6.43. The Morgan fingerprint density at radius 1 is 0.440 bits per heavy atom. The third-order valence-electron chi connectivity index (χ3n) is 10.5. The number of rotatable bonds is 4. The fourth-order valence-electron chi connectivity index (χ4n) is 8.22. The highest BCUT2D eigenvalue weighted by Crippen LogP contribution is 2.53. The van der Waals surface area contributed by atoms with E-state index in [1.165, 1.54) is 64.3 Å². The van der Waals surface area contributed by atoms with Crippen LogP contribution in [0.3, 0.4) is 0 Å². The van der Waals surface area contributed by atoms with Crippen LogP contribution in [-0.4, -0.2) is 9.97 Å². The summed E-state index contributed by atoms with van der Waals surface area (Å²) in [6, 6.07) is 56.8. The lowest BCUT2D eigenvalue weighted by Crippen LogP contribution is -2.16. The highest BCUT2D eigenvalue weighted by molar-refractivity contribution is 7.26. The van der Waals surface area contributed by atoms with E-state index in [9.17, 15) is 0 Å². The zero-order valence-corrected chi connectivity index (χ0v) is 28.6. The van der Waals surface area contributed by atoms with Gasteiger partial charge in [0.2, 0.25) is 0 Å². The van der Waals surface area contributed by atoms with Crippen LogP contribution in [0.1, 0.15) is 25.0 Å². The molecule has 1 aliphatic rings. The Morgan fingerprint density at radius 3 is 1.82 bits per heavy atom. The Labute approximate surface area is 295 Å². The monoisotopic (exact) mass is 656 g/mol. The van der Waals surface area contributed by atoms with Crippen molar-refractivity contribution < 1.29 is 0 Å². The first-order valence-electron chi connectivity index (χ1n) is 17.2. The normalized spacial score (nSPS) is 13.2. The van der Waals surface area contributed by atoms with Gasteiger partial charge in [0.05, 0.1) is 11.4 Å². The summed E-state index contributed by atoms with van der Waals surface area (Å²) in [4.78, 5) is 10.5. The SMILES string of the molecule is CC1(C)c2ccccc2-c2cccc(-c3ccc(-c4cc(-c5cccc6c5sc5ccccc56)nc(-c5ccccc5)n4)c4ccccc34)c21. The number of hydrogen-bond donors (Lipinski definition) is 0. The van der Waals surface area contributed by atoms with Gasteiger partial charge in [-0.15, -0.1) is 11.3 Å². The molecule has 2 nitrogen and oxygen atoms in total. The minimum atomic E-state index is -0.109. The lowest BCUT2D eigenvalue weighted by Gasteiger charge is -2.25. The van der Waals surface area contributed by atoms with Crippen LogP contribution in [0.25, 0.3) is 87.1 Å². The molecular formula is C47H32N2S. The number of benzene rings is 7. The average molecular weight is 657 g/mol. The molecule has 2 aromatic heterocycles. The lowest BCUT2D eigenvalue weighted by atomic mass is 9.78. The fourth-order valence-corrected chi connectivity index (χ4v) is 9.44. The molecule has 0 fully saturated rings. The molecule has 0 bridgehead atoms. The van der Waals surface area contributed by atoms with Gasteiger partial charge in [0.15, 0.2) is 5.82 Å². The van der Waals surface area contributed by atoms with Gasteiger partial charge in [-0.25, -0.2) is 9.97 Å². The number of nitrogens with zero attached hydrogens (tertiary/aromatic N) is 2. The van der Waals surface area contributed by atoms with Gasteiger partial charge >= 0.3 is 0 Å². The number of hydrogen-bond acceptors (Lipinski definition) is 3. The molecule has 0 atom stereocenters. The van der Waals surface area contributed by atoms with Crippen molar-refractivity contribution in [2.45, 2.75) is 19.3 Å². The number of aromatic nitrogens is 2. The molecule has 0 aliphatic heterocycles. The fraction of sp³-hybridized carbons (Fsp3) is 0.0638. The zero-order chi connectivity index (χ0) is 33.4. The van der Waals surface area contributed by atoms with Crippen molar-refractivity contribution >= 4 is 42.3 Å². The second-order valence-corrected chi connectivity index (χ2v) is 14.8. The van der Waals surface area contributed by atoms with Crippen molar-refractivity contribution in [2.75, 3.05) is 0 Å². The van der Waals surface area contributed by atoms with Crippen LogP contribution in [0.2, 0.25) is 0 Å². The second kappa shape index (κ2) is 11.1. The van der Waals surface area contributed by atoms with E-state index in [0.29, 0.717) is 0 Å². The maximum Gasteiger partial charge on any atom is 0.160 e. The standard InChI is InChI=1S/C47H32N2S/c1-47(2)40-24-10-8-18-33(40)37-21-12-20-36(44(37)47)32-26-27-34(31-17-7-6-16-30(31)32)41-28-42(49-46(48-41)29-14-4-3-5-15-29)39-23-13-22-38-35-19-9-11-25-43(35)50-45(38)39/h3-28H,1-2H3. The lowest BCUT2D eigenvalue weighted by molar-refractivity contribution is 0.662. The molecule has 0 amide bonds. The molecule has 2 heterocycles. The first-order chi connectivity index (χ1) is 24.6. The first-order valence-corrected chi connectivity index (χ1v) is 18.0. The molecule has 1 aliphatic carbocycles. The van der Waals surface area contributed by atoms with Gasteiger partial charge in [-0.3, -0.25) is 0 Å². The molecule has 0 saturated carbocycles. The largest absolute Gasteiger partial charge is 0.228 e. The summed E-state index contributed by atoms with van der Waals surface area (Å²) in [5.74, 6) is 0.727. The molecule has 7 aromatic carbocycles. The van der Waals surface area contributed by atoms with Crippen LogP contribution in [-0.2, 0) is 5.41 Å². The van der Waals surface area contributed by atoms with Crippen LogP contribution in [0.15, 0.2) is 158 Å². The molecule has 0 saturated heterocycles. The van der Waals surface area contributed by atoms with E-state index in [1.54, 1.807) is 0 Å². The van der Waals surface area contributed by atoms with Crippen LogP contribution in [0.4, 0.5) is 0 Å². The molecule has 0 spiro atoms. The number of fused-ring (bicyclic) bond motifs is 7. The van der Waals surface area contributed by atoms with Crippen molar-refractivity contribution in [2.24, 2.45) is 0 Å².